The molecule has 6 nitrogen and oxygen atoms in total. The third kappa shape index (κ3) is 2.94. The highest BCUT2D eigenvalue weighted by molar-refractivity contribution is 7.19. The first-order chi connectivity index (χ1) is 11.7. The number of anilines is 1. The lowest BCUT2D eigenvalue weighted by Gasteiger charge is -1.98. The summed E-state index contributed by atoms with van der Waals surface area (Å²) in [6.07, 6.45) is 2.62. The highest BCUT2D eigenvalue weighted by atomic mass is 32.1. The van der Waals surface area contributed by atoms with Crippen LogP contribution in [0.4, 0.5) is 5.13 Å². The van der Waals surface area contributed by atoms with Crippen molar-refractivity contribution in [2.45, 2.75) is 26.2 Å². The molecule has 1 amide bonds. The van der Waals surface area contributed by atoms with E-state index < -0.39 is 0 Å². The zero-order chi connectivity index (χ0) is 16.5. The van der Waals surface area contributed by atoms with E-state index in [2.05, 4.69) is 20.4 Å². The maximum atomic E-state index is 12.0. The Labute approximate surface area is 142 Å². The van der Waals surface area contributed by atoms with E-state index in [1.54, 1.807) is 0 Å². The Hall–Kier alpha value is -2.54. The number of hydrogen-bond acceptors (Lipinski definition) is 6. The zero-order valence-electron chi connectivity index (χ0n) is 13.2. The number of rotatable bonds is 5. The lowest BCUT2D eigenvalue weighted by atomic mass is 10.1. The molecule has 0 spiro atoms. The first-order valence-electron chi connectivity index (χ1n) is 7.94. The van der Waals surface area contributed by atoms with Gasteiger partial charge in [0.15, 0.2) is 11.0 Å². The summed E-state index contributed by atoms with van der Waals surface area (Å²) in [4.78, 5) is 21.8. The highest BCUT2D eigenvalue weighted by Crippen LogP contribution is 2.39. The van der Waals surface area contributed by atoms with Crippen molar-refractivity contribution in [1.82, 2.24) is 15.1 Å². The number of hydrogen-bond donors (Lipinski definition) is 1. The summed E-state index contributed by atoms with van der Waals surface area (Å²) < 4.78 is 5.38. The van der Waals surface area contributed by atoms with Gasteiger partial charge in [-0.2, -0.15) is 4.98 Å². The summed E-state index contributed by atoms with van der Waals surface area (Å²) in [7, 11) is 0. The fraction of sp³-hybridized carbons (Fsp3) is 0.294. The van der Waals surface area contributed by atoms with Gasteiger partial charge in [-0.1, -0.05) is 53.7 Å². The molecule has 0 aliphatic heterocycles. The highest BCUT2D eigenvalue weighted by Gasteiger charge is 2.31. The van der Waals surface area contributed by atoms with Crippen molar-refractivity contribution >= 4 is 22.4 Å². The number of benzene rings is 1. The van der Waals surface area contributed by atoms with E-state index >= 15 is 0 Å². The average Bonchev–Trinajstić information content (AvgIpc) is 3.22. The van der Waals surface area contributed by atoms with Gasteiger partial charge in [0.2, 0.25) is 5.91 Å². The van der Waals surface area contributed by atoms with Gasteiger partial charge in [-0.05, 0) is 12.8 Å². The number of thiazole rings is 1. The van der Waals surface area contributed by atoms with Crippen molar-refractivity contribution in [3.05, 3.63) is 36.2 Å². The van der Waals surface area contributed by atoms with Crippen LogP contribution in [0.15, 0.2) is 34.9 Å². The number of nitrogens with one attached hydrogen (secondary N) is 1. The molecule has 0 radical (unpaired) electrons. The van der Waals surface area contributed by atoms with Crippen molar-refractivity contribution in [3.8, 4) is 22.0 Å². The van der Waals surface area contributed by atoms with E-state index in [4.69, 9.17) is 4.52 Å². The number of aryl methyl sites for hydroxylation is 1. The molecule has 0 saturated heterocycles. The smallest absolute Gasteiger partial charge is 0.270 e. The predicted octanol–water partition coefficient (Wildman–Crippen LogP) is 3.77. The van der Waals surface area contributed by atoms with Crippen LogP contribution >= 0.6 is 11.3 Å². The third-order valence-corrected chi connectivity index (χ3v) is 4.79. The van der Waals surface area contributed by atoms with Crippen LogP contribution < -0.4 is 5.32 Å². The number of aromatic nitrogens is 3. The Kier molecular flexibility index (Phi) is 3.86. The van der Waals surface area contributed by atoms with Crippen molar-refractivity contribution in [2.75, 3.05) is 5.32 Å². The molecule has 0 bridgehead atoms. The topological polar surface area (TPSA) is 80.9 Å². The molecule has 24 heavy (non-hydrogen) atoms. The monoisotopic (exact) mass is 340 g/mol. The van der Waals surface area contributed by atoms with Gasteiger partial charge < -0.3 is 9.84 Å². The normalized spacial score (nSPS) is 13.9. The van der Waals surface area contributed by atoms with Gasteiger partial charge in [-0.3, -0.25) is 4.79 Å². The van der Waals surface area contributed by atoms with Crippen LogP contribution in [0.1, 0.15) is 25.6 Å². The molecule has 0 unspecified atom stereocenters. The van der Waals surface area contributed by atoms with Gasteiger partial charge in [0.05, 0.1) is 5.69 Å². The second-order valence-corrected chi connectivity index (χ2v) is 6.69. The molecule has 1 aliphatic rings. The Morgan fingerprint density at radius 3 is 2.75 bits per heavy atom. The van der Waals surface area contributed by atoms with Gasteiger partial charge in [0.25, 0.3) is 5.89 Å². The van der Waals surface area contributed by atoms with E-state index in [0.717, 1.165) is 29.0 Å². The van der Waals surface area contributed by atoms with E-state index in [1.165, 1.54) is 11.3 Å². The van der Waals surface area contributed by atoms with Crippen molar-refractivity contribution in [1.29, 1.82) is 0 Å². The van der Waals surface area contributed by atoms with Gasteiger partial charge in [0.1, 0.15) is 4.88 Å². The minimum absolute atomic E-state index is 0.0367. The standard InChI is InChI=1S/C17H16N4O2S/c1-2-12-18-16(23-21-12)14-13(10-6-4-3-5-7-10)19-17(24-14)20-15(22)11-8-9-11/h3-7,11H,2,8-9H2,1H3,(H,19,20,22). The van der Waals surface area contributed by atoms with Crippen LogP contribution in [0.2, 0.25) is 0 Å². The lowest BCUT2D eigenvalue weighted by molar-refractivity contribution is -0.117. The average molecular weight is 340 g/mol. The largest absolute Gasteiger partial charge is 0.333 e. The summed E-state index contributed by atoms with van der Waals surface area (Å²) in [6.45, 7) is 1.97. The van der Waals surface area contributed by atoms with E-state index in [-0.39, 0.29) is 11.8 Å². The van der Waals surface area contributed by atoms with Gasteiger partial charge in [-0.15, -0.1) is 0 Å². The molecule has 3 aromatic rings. The molecule has 122 valence electrons. The van der Waals surface area contributed by atoms with Crippen molar-refractivity contribution in [2.24, 2.45) is 5.92 Å². The number of nitrogens with zero attached hydrogens (tertiary/aromatic N) is 3. The Bertz CT molecular complexity index is 868. The summed E-state index contributed by atoms with van der Waals surface area (Å²) in [5.74, 6) is 1.26. The SMILES string of the molecule is CCc1noc(-c2sc(NC(=O)C3CC3)nc2-c2ccccc2)n1. The predicted molar refractivity (Wildman–Crippen MR) is 91.6 cm³/mol. The molecule has 0 atom stereocenters. The summed E-state index contributed by atoms with van der Waals surface area (Å²) in [6, 6.07) is 9.80. The van der Waals surface area contributed by atoms with E-state index in [0.29, 0.717) is 23.3 Å². The van der Waals surface area contributed by atoms with Crippen LogP contribution in [0, 0.1) is 5.92 Å². The van der Waals surface area contributed by atoms with Gasteiger partial charge in [0, 0.05) is 17.9 Å². The fourth-order valence-corrected chi connectivity index (χ4v) is 3.27. The molecule has 4 rings (SSSR count). The van der Waals surface area contributed by atoms with E-state index in [9.17, 15) is 4.79 Å². The summed E-state index contributed by atoms with van der Waals surface area (Å²) in [5.41, 5.74) is 1.70. The van der Waals surface area contributed by atoms with Crippen LogP contribution in [-0.4, -0.2) is 21.0 Å². The van der Waals surface area contributed by atoms with Crippen molar-refractivity contribution in [3.63, 3.8) is 0 Å². The fourth-order valence-electron chi connectivity index (χ4n) is 2.35. The van der Waals surface area contributed by atoms with Crippen LogP contribution in [0.5, 0.6) is 0 Å². The molecule has 2 aromatic heterocycles. The Balaban J connectivity index is 1.74. The maximum Gasteiger partial charge on any atom is 0.270 e. The molecule has 1 saturated carbocycles. The molecule has 1 N–H and O–H groups in total. The number of amides is 1. The van der Waals surface area contributed by atoms with Crippen LogP contribution in [-0.2, 0) is 11.2 Å². The maximum absolute atomic E-state index is 12.0. The minimum atomic E-state index is 0.0367. The second kappa shape index (κ2) is 6.16. The second-order valence-electron chi connectivity index (χ2n) is 5.70. The summed E-state index contributed by atoms with van der Waals surface area (Å²) in [5, 5.41) is 7.43. The van der Waals surface area contributed by atoms with E-state index in [1.807, 2.05) is 37.3 Å². The molecule has 1 aromatic carbocycles. The molecular formula is C17H16N4O2S. The number of carbonyl (C=O) groups is 1. The minimum Gasteiger partial charge on any atom is -0.333 e. The first-order valence-corrected chi connectivity index (χ1v) is 8.76. The van der Waals surface area contributed by atoms with Gasteiger partial charge >= 0.3 is 0 Å². The van der Waals surface area contributed by atoms with Crippen LogP contribution in [0.25, 0.3) is 22.0 Å². The van der Waals surface area contributed by atoms with Gasteiger partial charge in [-0.25, -0.2) is 4.98 Å². The molecule has 7 heteroatoms. The molecule has 2 heterocycles. The first kappa shape index (κ1) is 15.0. The Morgan fingerprint density at radius 1 is 1.29 bits per heavy atom. The third-order valence-electron chi connectivity index (χ3n) is 3.83. The quantitative estimate of drug-likeness (QED) is 0.764. The summed E-state index contributed by atoms with van der Waals surface area (Å²) >= 11 is 1.37. The van der Waals surface area contributed by atoms with Crippen molar-refractivity contribution < 1.29 is 9.32 Å². The Morgan fingerprint density at radius 2 is 2.08 bits per heavy atom. The molecular weight excluding hydrogens is 324 g/mol. The number of carbonyl (C=O) groups excluding carboxylic acids is 1. The van der Waals surface area contributed by atoms with Crippen LogP contribution in [0.3, 0.4) is 0 Å². The lowest BCUT2D eigenvalue weighted by Crippen LogP contribution is -2.12. The molecule has 1 fully saturated rings. The molecule has 1 aliphatic carbocycles. The zero-order valence-corrected chi connectivity index (χ0v) is 14.0.